The Labute approximate surface area is 201 Å². The van der Waals surface area contributed by atoms with Crippen molar-refractivity contribution in [2.24, 2.45) is 0 Å². The van der Waals surface area contributed by atoms with E-state index in [1.54, 1.807) is 18.5 Å². The van der Waals surface area contributed by atoms with Crippen LogP contribution in [0, 0.1) is 13.8 Å². The molecule has 0 fully saturated rings. The lowest BCUT2D eigenvalue weighted by molar-refractivity contribution is 0.461. The number of para-hydroxylation sites is 1. The molecule has 0 aliphatic rings. The van der Waals surface area contributed by atoms with Gasteiger partial charge >= 0.3 is 0 Å². The summed E-state index contributed by atoms with van der Waals surface area (Å²) in [5, 5.41) is 22.1. The predicted octanol–water partition coefficient (Wildman–Crippen LogP) is 4.55. The second kappa shape index (κ2) is 9.20. The number of aromatic amines is 1. The summed E-state index contributed by atoms with van der Waals surface area (Å²) in [4.78, 5) is 4.48. The van der Waals surface area contributed by atoms with Crippen molar-refractivity contribution in [2.45, 2.75) is 28.8 Å². The predicted molar refractivity (Wildman–Crippen MR) is 133 cm³/mol. The number of aryl methyl sites for hydroxylation is 1. The Morgan fingerprint density at radius 3 is 2.47 bits per heavy atom. The Hall–Kier alpha value is -3.83. The van der Waals surface area contributed by atoms with Gasteiger partial charge in [-0.3, -0.25) is 9.82 Å². The number of aromatic nitrogens is 5. The van der Waals surface area contributed by atoms with Crippen molar-refractivity contribution in [1.82, 2.24) is 25.0 Å². The molecule has 0 amide bonds. The highest BCUT2D eigenvalue weighted by Gasteiger charge is 2.27. The smallest absolute Gasteiger partial charge is 0.265 e. The maximum absolute atomic E-state index is 13.5. The highest BCUT2D eigenvalue weighted by molar-refractivity contribution is 7.99. The second-order valence-corrected chi connectivity index (χ2v) is 9.90. The van der Waals surface area contributed by atoms with Gasteiger partial charge in [0.25, 0.3) is 10.0 Å². The number of nitrogens with one attached hydrogen (secondary N) is 2. The van der Waals surface area contributed by atoms with Crippen LogP contribution in [-0.4, -0.2) is 38.5 Å². The minimum Gasteiger partial charge on any atom is -0.506 e. The highest BCUT2D eigenvalue weighted by atomic mass is 32.2. The number of sulfonamides is 1. The van der Waals surface area contributed by atoms with Crippen LogP contribution in [0.3, 0.4) is 0 Å². The van der Waals surface area contributed by atoms with Gasteiger partial charge in [-0.25, -0.2) is 18.1 Å². The zero-order valence-electron chi connectivity index (χ0n) is 18.5. The van der Waals surface area contributed by atoms with E-state index < -0.39 is 10.0 Å². The van der Waals surface area contributed by atoms with Crippen molar-refractivity contribution in [1.29, 1.82) is 0 Å². The van der Waals surface area contributed by atoms with Gasteiger partial charge in [0.15, 0.2) is 5.16 Å². The first kappa shape index (κ1) is 23.3. The summed E-state index contributed by atoms with van der Waals surface area (Å²) in [6.07, 6.45) is 4.24. The van der Waals surface area contributed by atoms with E-state index in [9.17, 15) is 13.5 Å². The molecule has 0 atom stereocenters. The lowest BCUT2D eigenvalue weighted by Gasteiger charge is -2.17. The van der Waals surface area contributed by atoms with Crippen LogP contribution in [0.2, 0.25) is 0 Å². The third-order valence-electron chi connectivity index (χ3n) is 5.09. The molecule has 2 aromatic carbocycles. The fraction of sp³-hybridized carbons (Fsp3) is 0.0870. The molecular weight excluding hydrogens is 472 g/mol. The second-order valence-electron chi connectivity index (χ2n) is 7.25. The molecule has 4 rings (SSSR count). The van der Waals surface area contributed by atoms with Gasteiger partial charge in [0, 0.05) is 11.1 Å². The topological polar surface area (TPSA) is 126 Å². The number of H-pyrrole nitrogens is 1. The van der Waals surface area contributed by atoms with Gasteiger partial charge in [-0.2, -0.15) is 10.2 Å². The van der Waals surface area contributed by atoms with E-state index in [2.05, 4.69) is 38.2 Å². The number of hydrogen-bond donors (Lipinski definition) is 3. The van der Waals surface area contributed by atoms with Gasteiger partial charge in [-0.15, -0.1) is 0 Å². The van der Waals surface area contributed by atoms with Crippen LogP contribution >= 0.6 is 11.8 Å². The zero-order valence-corrected chi connectivity index (χ0v) is 20.1. The molecule has 0 radical (unpaired) electrons. The molecule has 0 unspecified atom stereocenters. The fourth-order valence-electron chi connectivity index (χ4n) is 3.65. The normalized spacial score (nSPS) is 11.4. The first-order valence-corrected chi connectivity index (χ1v) is 12.4. The van der Waals surface area contributed by atoms with Crippen LogP contribution in [0.25, 0.3) is 17.8 Å². The highest BCUT2D eigenvalue weighted by Crippen LogP contribution is 2.42. The Kier molecular flexibility index (Phi) is 6.31. The quantitative estimate of drug-likeness (QED) is 0.307. The summed E-state index contributed by atoms with van der Waals surface area (Å²) in [6, 6.07) is 10.8. The van der Waals surface area contributed by atoms with Crippen molar-refractivity contribution in [3.8, 4) is 11.4 Å². The minimum atomic E-state index is -4.05. The van der Waals surface area contributed by atoms with Gasteiger partial charge in [0.2, 0.25) is 0 Å². The first-order valence-electron chi connectivity index (χ1n) is 10.1. The Morgan fingerprint density at radius 2 is 1.85 bits per heavy atom. The minimum absolute atomic E-state index is 0.0708. The third kappa shape index (κ3) is 4.22. The SMILES string of the molecule is C=Cc1c(NS(=O)(=O)c2c(C)nn(-c3ccccc3)c2C)cc(Sc2ncn[nH]2)c(O)c1C=C. The van der Waals surface area contributed by atoms with E-state index in [1.165, 1.54) is 24.5 Å². The molecule has 174 valence electrons. The maximum atomic E-state index is 13.5. The van der Waals surface area contributed by atoms with Crippen molar-refractivity contribution >= 4 is 39.6 Å². The zero-order chi connectivity index (χ0) is 24.5. The molecule has 0 spiro atoms. The van der Waals surface area contributed by atoms with Crippen molar-refractivity contribution < 1.29 is 13.5 Å². The average Bonchev–Trinajstić information content (AvgIpc) is 3.43. The molecule has 0 saturated heterocycles. The molecule has 0 aliphatic carbocycles. The Bertz CT molecular complexity index is 1480. The van der Waals surface area contributed by atoms with Gasteiger partial charge in [0.1, 0.15) is 17.0 Å². The number of aromatic hydroxyl groups is 1. The largest absolute Gasteiger partial charge is 0.506 e. The van der Waals surface area contributed by atoms with Crippen LogP contribution in [0.1, 0.15) is 22.5 Å². The van der Waals surface area contributed by atoms with Crippen LogP contribution in [0.4, 0.5) is 5.69 Å². The molecule has 0 aliphatic heterocycles. The molecule has 34 heavy (non-hydrogen) atoms. The summed E-state index contributed by atoms with van der Waals surface area (Å²) in [5.41, 5.74) is 2.54. The molecule has 0 bridgehead atoms. The summed E-state index contributed by atoms with van der Waals surface area (Å²) >= 11 is 1.10. The van der Waals surface area contributed by atoms with Crippen LogP contribution in [-0.2, 0) is 10.0 Å². The van der Waals surface area contributed by atoms with E-state index in [1.807, 2.05) is 30.3 Å². The number of nitrogens with zero attached hydrogens (tertiary/aromatic N) is 4. The van der Waals surface area contributed by atoms with E-state index in [0.29, 0.717) is 32.6 Å². The average molecular weight is 495 g/mol. The maximum Gasteiger partial charge on any atom is 0.265 e. The molecule has 0 saturated carbocycles. The summed E-state index contributed by atoms with van der Waals surface area (Å²) in [6.45, 7) is 10.9. The van der Waals surface area contributed by atoms with E-state index >= 15 is 0 Å². The molecule has 2 aromatic heterocycles. The van der Waals surface area contributed by atoms with E-state index in [0.717, 1.165) is 17.4 Å². The van der Waals surface area contributed by atoms with Crippen molar-refractivity contribution in [3.05, 3.63) is 78.4 Å². The monoisotopic (exact) mass is 494 g/mol. The fourth-order valence-corrected chi connectivity index (χ4v) is 5.91. The van der Waals surface area contributed by atoms with Gasteiger partial charge in [-0.1, -0.05) is 43.5 Å². The van der Waals surface area contributed by atoms with Crippen molar-refractivity contribution in [2.75, 3.05) is 4.72 Å². The summed E-state index contributed by atoms with van der Waals surface area (Å²) in [7, 11) is -4.05. The molecular formula is C23H22N6O3S2. The molecule has 9 nitrogen and oxygen atoms in total. The number of phenols is 1. The molecule has 11 heteroatoms. The lowest BCUT2D eigenvalue weighted by atomic mass is 10.0. The summed E-state index contributed by atoms with van der Waals surface area (Å²) in [5.74, 6) is -0.0708. The Balaban J connectivity index is 1.81. The third-order valence-corrected chi connectivity index (χ3v) is 7.63. The van der Waals surface area contributed by atoms with Crippen molar-refractivity contribution in [3.63, 3.8) is 0 Å². The number of rotatable bonds is 8. The molecule has 4 aromatic rings. The molecule has 2 heterocycles. The number of anilines is 1. The van der Waals surface area contributed by atoms with Crippen LogP contribution in [0.15, 0.2) is 70.8 Å². The number of benzene rings is 2. The number of hydrogen-bond acceptors (Lipinski definition) is 7. The van der Waals surface area contributed by atoms with E-state index in [4.69, 9.17) is 0 Å². The van der Waals surface area contributed by atoms with Crippen LogP contribution in [0.5, 0.6) is 5.75 Å². The first-order chi connectivity index (χ1) is 16.3. The standard InChI is InChI=1S/C23H22N6O3S2/c1-5-17-18(6-2)21(30)20(33-23-24-13-25-26-23)12-19(17)28-34(31,32)22-14(3)27-29(15(22)4)16-10-8-7-9-11-16/h5-13,28,30H,1-2H2,3-4H3,(H,24,25,26). The summed E-state index contributed by atoms with van der Waals surface area (Å²) < 4.78 is 31.3. The Morgan fingerprint density at radius 1 is 1.15 bits per heavy atom. The van der Waals surface area contributed by atoms with E-state index in [-0.39, 0.29) is 16.3 Å². The van der Waals surface area contributed by atoms with Gasteiger partial charge in [0.05, 0.1) is 27.7 Å². The number of phenolic OH excluding ortho intramolecular Hbond substituents is 1. The van der Waals surface area contributed by atoms with Gasteiger partial charge in [-0.05, 0) is 43.8 Å². The lowest BCUT2D eigenvalue weighted by Crippen LogP contribution is -2.16. The van der Waals surface area contributed by atoms with Crippen LogP contribution < -0.4 is 4.72 Å². The molecule has 3 N–H and O–H groups in total. The van der Waals surface area contributed by atoms with Gasteiger partial charge < -0.3 is 5.11 Å².